The molecule has 6 heteroatoms. The van der Waals surface area contributed by atoms with E-state index in [1.807, 2.05) is 34.0 Å². The normalized spacial score (nSPS) is 11.7. The Morgan fingerprint density at radius 2 is 0.514 bits per heavy atom. The van der Waals surface area contributed by atoms with Crippen molar-refractivity contribution in [3.63, 3.8) is 0 Å². The van der Waals surface area contributed by atoms with Crippen molar-refractivity contribution in [2.45, 2.75) is 0 Å². The van der Waals surface area contributed by atoms with Crippen LogP contribution >= 0.6 is 34.0 Å². The number of hydrogen-bond donors (Lipinski definition) is 0. The second-order valence-corrected chi connectivity index (χ2v) is 21.0. The monoisotopic (exact) mass is 947 g/mol. The van der Waals surface area contributed by atoms with E-state index in [1.54, 1.807) is 0 Å². The first-order valence-electron chi connectivity index (χ1n) is 23.6. The van der Waals surface area contributed by atoms with E-state index in [-0.39, 0.29) is 0 Å². The van der Waals surface area contributed by atoms with Crippen LogP contribution in [0, 0.1) is 0 Å². The number of anilines is 9. The van der Waals surface area contributed by atoms with Crippen molar-refractivity contribution in [1.29, 1.82) is 0 Å². The molecule has 3 heterocycles. The van der Waals surface area contributed by atoms with Gasteiger partial charge in [0.2, 0.25) is 0 Å². The molecule has 0 radical (unpaired) electrons. The van der Waals surface area contributed by atoms with Crippen molar-refractivity contribution in [3.8, 4) is 0 Å². The summed E-state index contributed by atoms with van der Waals surface area (Å²) in [5.74, 6) is 0. The van der Waals surface area contributed by atoms with Crippen molar-refractivity contribution >= 4 is 156 Å². The Kier molecular flexibility index (Phi) is 9.76. The highest BCUT2D eigenvalue weighted by molar-refractivity contribution is 7.26. The maximum atomic E-state index is 2.43. The molecule has 0 amide bonds. The third kappa shape index (κ3) is 6.99. The third-order valence-electron chi connectivity index (χ3n) is 13.6. The van der Waals surface area contributed by atoms with Gasteiger partial charge in [-0.3, -0.25) is 0 Å². The fourth-order valence-corrected chi connectivity index (χ4v) is 13.6. The van der Waals surface area contributed by atoms with Gasteiger partial charge < -0.3 is 14.7 Å². The van der Waals surface area contributed by atoms with Gasteiger partial charge in [0.05, 0.1) is 0 Å². The number of nitrogens with zero attached hydrogens (tertiary/aromatic N) is 3. The topological polar surface area (TPSA) is 9.72 Å². The molecule has 0 bridgehead atoms. The Hall–Kier alpha value is -8.26. The van der Waals surface area contributed by atoms with Gasteiger partial charge in [-0.2, -0.15) is 0 Å². The van der Waals surface area contributed by atoms with Crippen LogP contribution in [0.1, 0.15) is 0 Å². The average Bonchev–Trinajstić information content (AvgIpc) is 4.11. The van der Waals surface area contributed by atoms with E-state index >= 15 is 0 Å². The van der Waals surface area contributed by atoms with Crippen LogP contribution in [0.5, 0.6) is 0 Å². The summed E-state index contributed by atoms with van der Waals surface area (Å²) >= 11 is 5.57. The van der Waals surface area contributed by atoms with E-state index < -0.39 is 0 Å². The number of para-hydroxylation sites is 2. The molecule has 14 rings (SSSR count). The Morgan fingerprint density at radius 1 is 0.186 bits per heavy atom. The molecule has 0 unspecified atom stereocenters. The van der Waals surface area contributed by atoms with E-state index in [1.165, 1.54) is 71.3 Å². The molecular formula is C64H41N3S3. The number of hydrogen-bond acceptors (Lipinski definition) is 6. The van der Waals surface area contributed by atoms with Gasteiger partial charge in [-0.25, -0.2) is 0 Å². The van der Waals surface area contributed by atoms with Crippen molar-refractivity contribution in [1.82, 2.24) is 0 Å². The molecule has 3 nitrogen and oxygen atoms in total. The summed E-state index contributed by atoms with van der Waals surface area (Å²) in [6.45, 7) is 0. The average molecular weight is 948 g/mol. The SMILES string of the molecule is c1ccc(N(c2ccc(N(c3ccc4c(c3)sc3ccc(N(c5ccccc5)c5ccc6sc7ccccc7c6c5)cc34)c3ccc4sc5ccccc5c4c3)cc2)c2ccc3ccccc3c2)cc1. The van der Waals surface area contributed by atoms with Gasteiger partial charge in [0.15, 0.2) is 0 Å². The molecule has 0 aliphatic heterocycles. The first-order valence-corrected chi connectivity index (χ1v) is 26.0. The Morgan fingerprint density at radius 3 is 1.04 bits per heavy atom. The molecule has 0 spiro atoms. The molecule has 0 N–H and O–H groups in total. The highest BCUT2D eigenvalue weighted by Gasteiger charge is 2.21. The second kappa shape index (κ2) is 16.8. The first kappa shape index (κ1) is 40.8. The van der Waals surface area contributed by atoms with Crippen LogP contribution in [0.25, 0.3) is 71.3 Å². The lowest BCUT2D eigenvalue weighted by molar-refractivity contribution is 1.26. The highest BCUT2D eigenvalue weighted by atomic mass is 32.1. The Labute approximate surface area is 417 Å². The summed E-state index contributed by atoms with van der Waals surface area (Å²) in [6.07, 6.45) is 0. The van der Waals surface area contributed by atoms with Gasteiger partial charge in [0.25, 0.3) is 0 Å². The molecule has 0 saturated carbocycles. The van der Waals surface area contributed by atoms with Crippen LogP contribution in [0.3, 0.4) is 0 Å². The van der Waals surface area contributed by atoms with Gasteiger partial charge in [0.1, 0.15) is 0 Å². The quantitative estimate of drug-likeness (QED) is 0.143. The predicted octanol–water partition coefficient (Wildman–Crippen LogP) is 20.4. The van der Waals surface area contributed by atoms with E-state index in [9.17, 15) is 0 Å². The lowest BCUT2D eigenvalue weighted by atomic mass is 10.1. The minimum Gasteiger partial charge on any atom is -0.310 e. The minimum absolute atomic E-state index is 1.09. The number of fused-ring (bicyclic) bond motifs is 10. The maximum Gasteiger partial charge on any atom is 0.0476 e. The minimum atomic E-state index is 1.09. The van der Waals surface area contributed by atoms with Crippen LogP contribution in [0.4, 0.5) is 51.2 Å². The molecule has 0 aliphatic rings. The zero-order valence-electron chi connectivity index (χ0n) is 37.7. The fraction of sp³-hybridized carbons (Fsp3) is 0. The van der Waals surface area contributed by atoms with Gasteiger partial charge in [-0.15, -0.1) is 34.0 Å². The zero-order valence-corrected chi connectivity index (χ0v) is 40.2. The van der Waals surface area contributed by atoms with Gasteiger partial charge in [-0.05, 0) is 150 Å². The van der Waals surface area contributed by atoms with Crippen LogP contribution in [0.15, 0.2) is 249 Å². The molecule has 0 aliphatic carbocycles. The molecule has 70 heavy (non-hydrogen) atoms. The highest BCUT2D eigenvalue weighted by Crippen LogP contribution is 2.47. The van der Waals surface area contributed by atoms with E-state index in [2.05, 4.69) is 263 Å². The maximum absolute atomic E-state index is 2.43. The predicted molar refractivity (Wildman–Crippen MR) is 307 cm³/mol. The van der Waals surface area contributed by atoms with Crippen LogP contribution in [-0.4, -0.2) is 0 Å². The number of benzene rings is 11. The van der Waals surface area contributed by atoms with E-state index in [0.717, 1.165) is 51.2 Å². The smallest absolute Gasteiger partial charge is 0.0476 e. The summed E-state index contributed by atoms with van der Waals surface area (Å²) in [6, 6.07) is 91.2. The summed E-state index contributed by atoms with van der Waals surface area (Å²) in [5, 5.41) is 10.1. The lowest BCUT2D eigenvalue weighted by Crippen LogP contribution is -2.12. The molecule has 0 saturated heterocycles. The summed E-state index contributed by atoms with van der Waals surface area (Å²) in [5.41, 5.74) is 10.0. The number of rotatable bonds is 9. The third-order valence-corrected chi connectivity index (χ3v) is 17.0. The van der Waals surface area contributed by atoms with Gasteiger partial charge in [-0.1, -0.05) is 109 Å². The fourth-order valence-electron chi connectivity index (χ4n) is 10.3. The largest absolute Gasteiger partial charge is 0.310 e. The van der Waals surface area contributed by atoms with Crippen molar-refractivity contribution < 1.29 is 0 Å². The molecule has 330 valence electrons. The summed E-state index contributed by atoms with van der Waals surface area (Å²) in [4.78, 5) is 7.18. The molecule has 0 fully saturated rings. The zero-order chi connectivity index (χ0) is 46.1. The molecule has 0 atom stereocenters. The lowest BCUT2D eigenvalue weighted by Gasteiger charge is -2.28. The molecule has 11 aromatic carbocycles. The second-order valence-electron chi connectivity index (χ2n) is 17.7. The Bertz CT molecular complexity index is 4270. The van der Waals surface area contributed by atoms with Gasteiger partial charge >= 0.3 is 0 Å². The van der Waals surface area contributed by atoms with Crippen molar-refractivity contribution in [2.75, 3.05) is 14.7 Å². The molecule has 14 aromatic rings. The Balaban J connectivity index is 0.892. The standard InChI is InChI=1S/C64H41N3S3/c1-3-15-44(16-4-1)65(48-24-23-42-13-7-8-14-43(42)37-48)46-25-27-47(28-26-46)67(51-31-35-62-57(39-51)54-20-10-12-22-60(54)69-62)52-29-33-55-58-40-50(32-36-63(58)70-64(55)41-52)66(45-17-5-2-6-18-45)49-30-34-61-56(38-49)53-19-9-11-21-59(53)68-61/h1-41H. The van der Waals surface area contributed by atoms with Crippen LogP contribution in [0.2, 0.25) is 0 Å². The van der Waals surface area contributed by atoms with Crippen LogP contribution < -0.4 is 14.7 Å². The first-order chi connectivity index (χ1) is 34.7. The van der Waals surface area contributed by atoms with Gasteiger partial charge in [0, 0.05) is 112 Å². The van der Waals surface area contributed by atoms with E-state index in [4.69, 9.17) is 0 Å². The van der Waals surface area contributed by atoms with Crippen LogP contribution in [-0.2, 0) is 0 Å². The van der Waals surface area contributed by atoms with Crippen molar-refractivity contribution in [3.05, 3.63) is 249 Å². The summed E-state index contributed by atoms with van der Waals surface area (Å²) < 4.78 is 7.72. The molecule has 3 aromatic heterocycles. The molecular weight excluding hydrogens is 907 g/mol. The summed E-state index contributed by atoms with van der Waals surface area (Å²) in [7, 11) is 0. The van der Waals surface area contributed by atoms with Crippen molar-refractivity contribution in [2.24, 2.45) is 0 Å². The van der Waals surface area contributed by atoms with E-state index in [0.29, 0.717) is 0 Å². The number of thiophene rings is 3.